The summed E-state index contributed by atoms with van der Waals surface area (Å²) < 4.78 is 11.9. The zero-order valence-electron chi connectivity index (χ0n) is 19.3. The van der Waals surface area contributed by atoms with Crippen molar-refractivity contribution in [3.63, 3.8) is 0 Å². The van der Waals surface area contributed by atoms with Crippen LogP contribution in [0.3, 0.4) is 0 Å². The molecule has 0 spiro atoms. The Morgan fingerprint density at radius 3 is 2.52 bits per heavy atom. The molecule has 1 aromatic heterocycles. The summed E-state index contributed by atoms with van der Waals surface area (Å²) in [6.45, 7) is 6.01. The predicted octanol–water partition coefficient (Wildman–Crippen LogP) is 5.61. The number of carbonyl (C=O) groups is 1. The van der Waals surface area contributed by atoms with Crippen LogP contribution in [0.5, 0.6) is 11.6 Å². The van der Waals surface area contributed by atoms with Gasteiger partial charge in [-0.15, -0.1) is 0 Å². The molecule has 1 aliphatic carbocycles. The number of ether oxygens (including phenoxy) is 2. The Morgan fingerprint density at radius 1 is 1.12 bits per heavy atom. The van der Waals surface area contributed by atoms with Gasteiger partial charge >= 0.3 is 5.97 Å². The van der Waals surface area contributed by atoms with Crippen molar-refractivity contribution < 1.29 is 19.4 Å². The summed E-state index contributed by atoms with van der Waals surface area (Å²) in [6, 6.07) is 16.9. The summed E-state index contributed by atoms with van der Waals surface area (Å²) in [5.41, 5.74) is 2.78. The molecule has 3 aromatic rings. The second kappa shape index (κ2) is 9.94. The second-order valence-corrected chi connectivity index (χ2v) is 8.55. The number of carboxylic acid groups (broad SMARTS) is 1. The highest BCUT2D eigenvalue weighted by molar-refractivity contribution is 5.87. The molecule has 4 rings (SSSR count). The van der Waals surface area contributed by atoms with Crippen molar-refractivity contribution in [3.8, 4) is 11.6 Å². The Kier molecular flexibility index (Phi) is 6.82. The molecular formula is C27H30N2O4. The van der Waals surface area contributed by atoms with Crippen LogP contribution in [0.2, 0.25) is 0 Å². The lowest BCUT2D eigenvalue weighted by Crippen LogP contribution is -2.40. The van der Waals surface area contributed by atoms with Gasteiger partial charge in [0, 0.05) is 23.9 Å². The average molecular weight is 447 g/mol. The molecule has 0 aliphatic heterocycles. The van der Waals surface area contributed by atoms with E-state index in [1.165, 1.54) is 0 Å². The highest BCUT2D eigenvalue weighted by Crippen LogP contribution is 2.30. The van der Waals surface area contributed by atoms with Crippen molar-refractivity contribution in [2.75, 3.05) is 0 Å². The molecule has 6 nitrogen and oxygen atoms in total. The largest absolute Gasteiger partial charge is 0.494 e. The molecule has 0 bridgehead atoms. The van der Waals surface area contributed by atoms with Crippen molar-refractivity contribution in [3.05, 3.63) is 77.3 Å². The van der Waals surface area contributed by atoms with Crippen LogP contribution in [0.4, 0.5) is 0 Å². The lowest BCUT2D eigenvalue weighted by molar-refractivity contribution is -0.139. The van der Waals surface area contributed by atoms with E-state index in [1.54, 1.807) is 0 Å². The van der Waals surface area contributed by atoms with Gasteiger partial charge in [0.25, 0.3) is 0 Å². The molecule has 0 fully saturated rings. The number of nitrogens with one attached hydrogen (secondary N) is 1. The topological polar surface area (TPSA) is 80.7 Å². The van der Waals surface area contributed by atoms with E-state index in [0.29, 0.717) is 18.1 Å². The normalized spacial score (nSPS) is 14.2. The molecule has 2 N–H and O–H groups in total. The lowest BCUT2D eigenvalue weighted by atomic mass is 9.99. The standard InChI is InChI=1S/C27H30N2O4/c1-4-20-16-19-7-5-6-8-22(19)26(28-20)33-21-11-9-18(10-12-21)15-24(27(30)31)29-23-13-14-25(23)32-17(2)3/h5-12,16-17,24,29H,4,13-15H2,1-3H3,(H,30,31). The fraction of sp³-hybridized carbons (Fsp3) is 0.333. The van der Waals surface area contributed by atoms with Crippen LogP contribution in [0.1, 0.15) is 44.9 Å². The minimum absolute atomic E-state index is 0.0811. The van der Waals surface area contributed by atoms with Gasteiger partial charge < -0.3 is 19.9 Å². The zero-order chi connectivity index (χ0) is 23.4. The van der Waals surface area contributed by atoms with E-state index in [9.17, 15) is 9.90 Å². The number of fused-ring (bicyclic) bond motifs is 1. The van der Waals surface area contributed by atoms with Crippen LogP contribution in [0, 0.1) is 0 Å². The van der Waals surface area contributed by atoms with Gasteiger partial charge in [0.2, 0.25) is 5.88 Å². The lowest BCUT2D eigenvalue weighted by Gasteiger charge is -2.29. The SMILES string of the molecule is CCc1cc2ccccc2c(Oc2ccc(CC(NC3=C(OC(C)C)CC3)C(=O)O)cc2)n1. The molecule has 0 radical (unpaired) electrons. The van der Waals surface area contributed by atoms with Crippen LogP contribution in [0.15, 0.2) is 66.1 Å². The molecule has 6 heteroatoms. The zero-order valence-corrected chi connectivity index (χ0v) is 19.3. The van der Waals surface area contributed by atoms with Crippen LogP contribution >= 0.6 is 0 Å². The number of hydrogen-bond donors (Lipinski definition) is 2. The van der Waals surface area contributed by atoms with E-state index in [1.807, 2.05) is 56.3 Å². The van der Waals surface area contributed by atoms with E-state index >= 15 is 0 Å². The van der Waals surface area contributed by atoms with Gasteiger partial charge in [-0.1, -0.05) is 37.3 Å². The molecule has 0 saturated heterocycles. The Balaban J connectivity index is 1.47. The van der Waals surface area contributed by atoms with Crippen molar-refractivity contribution in [2.45, 2.75) is 58.6 Å². The maximum absolute atomic E-state index is 11.8. The predicted molar refractivity (Wildman–Crippen MR) is 128 cm³/mol. The number of nitrogens with zero attached hydrogens (tertiary/aromatic N) is 1. The summed E-state index contributed by atoms with van der Waals surface area (Å²) in [5, 5.41) is 14.9. The number of aryl methyl sites for hydroxylation is 1. The first kappa shape index (κ1) is 22.6. The number of aliphatic carboxylic acids is 1. The van der Waals surface area contributed by atoms with Gasteiger partial charge in [-0.05, 0) is 61.9 Å². The van der Waals surface area contributed by atoms with Gasteiger partial charge in [-0.2, -0.15) is 0 Å². The van der Waals surface area contributed by atoms with E-state index < -0.39 is 12.0 Å². The summed E-state index contributed by atoms with van der Waals surface area (Å²) in [6.07, 6.45) is 2.93. The van der Waals surface area contributed by atoms with E-state index in [4.69, 9.17) is 9.47 Å². The van der Waals surface area contributed by atoms with E-state index in [0.717, 1.165) is 52.7 Å². The monoisotopic (exact) mass is 446 g/mol. The molecule has 33 heavy (non-hydrogen) atoms. The van der Waals surface area contributed by atoms with Crippen molar-refractivity contribution in [1.29, 1.82) is 0 Å². The van der Waals surface area contributed by atoms with Crippen LogP contribution in [0.25, 0.3) is 10.8 Å². The third-order valence-electron chi connectivity index (χ3n) is 5.66. The highest BCUT2D eigenvalue weighted by atomic mass is 16.5. The molecule has 172 valence electrons. The fourth-order valence-corrected chi connectivity index (χ4v) is 3.85. The van der Waals surface area contributed by atoms with Gasteiger partial charge in [-0.3, -0.25) is 0 Å². The van der Waals surface area contributed by atoms with Gasteiger partial charge in [0.1, 0.15) is 17.6 Å². The Morgan fingerprint density at radius 2 is 1.88 bits per heavy atom. The minimum atomic E-state index is -0.884. The molecular weight excluding hydrogens is 416 g/mol. The number of hydrogen-bond acceptors (Lipinski definition) is 5. The van der Waals surface area contributed by atoms with Gasteiger partial charge in [0.15, 0.2) is 0 Å². The van der Waals surface area contributed by atoms with E-state index in [2.05, 4.69) is 29.4 Å². The van der Waals surface area contributed by atoms with Crippen LogP contribution in [-0.4, -0.2) is 28.2 Å². The summed E-state index contributed by atoms with van der Waals surface area (Å²) in [4.78, 5) is 16.5. The number of pyridine rings is 1. The number of rotatable bonds is 10. The Bertz CT molecular complexity index is 1170. The van der Waals surface area contributed by atoms with Crippen molar-refractivity contribution >= 4 is 16.7 Å². The number of benzene rings is 2. The first-order valence-electron chi connectivity index (χ1n) is 11.5. The maximum Gasteiger partial charge on any atom is 0.326 e. The fourth-order valence-electron chi connectivity index (χ4n) is 3.85. The molecule has 1 heterocycles. The third kappa shape index (κ3) is 5.45. The van der Waals surface area contributed by atoms with Gasteiger partial charge in [0.05, 0.1) is 11.8 Å². The van der Waals surface area contributed by atoms with Crippen LogP contribution < -0.4 is 10.1 Å². The van der Waals surface area contributed by atoms with E-state index in [-0.39, 0.29) is 6.10 Å². The number of carboxylic acids is 1. The smallest absolute Gasteiger partial charge is 0.326 e. The summed E-state index contributed by atoms with van der Waals surface area (Å²) >= 11 is 0. The highest BCUT2D eigenvalue weighted by Gasteiger charge is 2.26. The molecule has 1 unspecified atom stereocenters. The summed E-state index contributed by atoms with van der Waals surface area (Å²) in [5.74, 6) is 1.23. The summed E-state index contributed by atoms with van der Waals surface area (Å²) in [7, 11) is 0. The minimum Gasteiger partial charge on any atom is -0.494 e. The number of aromatic nitrogens is 1. The Hall–Kier alpha value is -3.54. The third-order valence-corrected chi connectivity index (χ3v) is 5.66. The second-order valence-electron chi connectivity index (χ2n) is 8.55. The first-order valence-corrected chi connectivity index (χ1v) is 11.5. The first-order chi connectivity index (χ1) is 15.9. The van der Waals surface area contributed by atoms with Crippen molar-refractivity contribution in [1.82, 2.24) is 10.3 Å². The van der Waals surface area contributed by atoms with Crippen LogP contribution in [-0.2, 0) is 22.4 Å². The number of allylic oxidation sites excluding steroid dienone is 2. The molecule has 1 aliphatic rings. The molecule has 2 aromatic carbocycles. The van der Waals surface area contributed by atoms with Gasteiger partial charge in [-0.25, -0.2) is 9.78 Å². The maximum atomic E-state index is 11.8. The quantitative estimate of drug-likeness (QED) is 0.422. The molecule has 0 amide bonds. The van der Waals surface area contributed by atoms with Crippen molar-refractivity contribution in [2.24, 2.45) is 0 Å². The molecule has 0 saturated carbocycles. The Labute approximate surface area is 194 Å². The molecule has 1 atom stereocenters. The average Bonchev–Trinajstić information content (AvgIpc) is 2.80.